The number of halogens is 1. The van der Waals surface area contributed by atoms with Crippen molar-refractivity contribution in [2.45, 2.75) is 0 Å². The molecule has 0 unspecified atom stereocenters. The van der Waals surface area contributed by atoms with Gasteiger partial charge in [-0.1, -0.05) is 0 Å². The average molecular weight is 155 g/mol. The van der Waals surface area contributed by atoms with Gasteiger partial charge in [0.2, 0.25) is 0 Å². The quantitative estimate of drug-likeness (QED) is 0.624. The van der Waals surface area contributed by atoms with Gasteiger partial charge in [0.25, 0.3) is 5.91 Å². The highest BCUT2D eigenvalue weighted by molar-refractivity contribution is 5.93. The Kier molecular flexibility index (Phi) is 1.76. The molecule has 0 saturated heterocycles. The van der Waals surface area contributed by atoms with E-state index in [2.05, 4.69) is 0 Å². The predicted octanol–water partition coefficient (Wildman–Crippen LogP) is 0.630. The number of carbonyl (C=O) groups excluding carboxylic acids is 1. The number of nitrogens with two attached hydrogens (primary N) is 1. The molecule has 58 valence electrons. The number of benzene rings is 1. The average Bonchev–Trinajstić information content (AvgIpc) is 1.94. The van der Waals surface area contributed by atoms with Crippen molar-refractivity contribution < 1.29 is 14.3 Å². The number of carbonyl (C=O) groups is 1. The standard InChI is InChI=1S/C7H6FNO2/c8-6-2-1-4(10)3-5(6)7(9)11/h1-3,10H,(H2,9,11). The van der Waals surface area contributed by atoms with Crippen LogP contribution in [0.25, 0.3) is 0 Å². The minimum absolute atomic E-state index is 0.180. The van der Waals surface area contributed by atoms with Crippen molar-refractivity contribution in [2.75, 3.05) is 0 Å². The second kappa shape index (κ2) is 2.57. The first-order valence-corrected chi connectivity index (χ1v) is 2.89. The van der Waals surface area contributed by atoms with Gasteiger partial charge in [-0.25, -0.2) is 4.39 Å². The van der Waals surface area contributed by atoms with E-state index in [4.69, 9.17) is 10.8 Å². The van der Waals surface area contributed by atoms with Crippen molar-refractivity contribution in [3.63, 3.8) is 0 Å². The van der Waals surface area contributed by atoms with E-state index >= 15 is 0 Å². The highest BCUT2D eigenvalue weighted by atomic mass is 19.1. The lowest BCUT2D eigenvalue weighted by atomic mass is 10.2. The zero-order chi connectivity index (χ0) is 8.43. The zero-order valence-corrected chi connectivity index (χ0v) is 5.54. The summed E-state index contributed by atoms with van der Waals surface area (Å²) in [5.74, 6) is -1.80. The fourth-order valence-electron chi connectivity index (χ4n) is 0.702. The van der Waals surface area contributed by atoms with Gasteiger partial charge in [0.15, 0.2) is 0 Å². The molecule has 1 rings (SSSR count). The highest BCUT2D eigenvalue weighted by Crippen LogP contribution is 2.14. The molecule has 0 radical (unpaired) electrons. The molecular formula is C7H6FNO2. The molecule has 1 amide bonds. The first-order valence-electron chi connectivity index (χ1n) is 2.89. The van der Waals surface area contributed by atoms with Crippen LogP contribution in [0, 0.1) is 5.82 Å². The number of phenolic OH excluding ortho intramolecular Hbond substituents is 1. The molecule has 0 spiro atoms. The Hall–Kier alpha value is -1.58. The van der Waals surface area contributed by atoms with E-state index in [1.165, 1.54) is 0 Å². The topological polar surface area (TPSA) is 63.3 Å². The van der Waals surface area contributed by atoms with Crippen molar-refractivity contribution in [2.24, 2.45) is 5.73 Å². The lowest BCUT2D eigenvalue weighted by molar-refractivity contribution is 0.0996. The molecule has 0 aliphatic heterocycles. The van der Waals surface area contributed by atoms with E-state index in [0.717, 1.165) is 18.2 Å². The summed E-state index contributed by atoms with van der Waals surface area (Å²) < 4.78 is 12.6. The van der Waals surface area contributed by atoms with Gasteiger partial charge < -0.3 is 10.8 Å². The fourth-order valence-corrected chi connectivity index (χ4v) is 0.702. The van der Waals surface area contributed by atoms with Crippen LogP contribution in [-0.2, 0) is 0 Å². The van der Waals surface area contributed by atoms with Gasteiger partial charge in [-0.3, -0.25) is 4.79 Å². The molecule has 3 nitrogen and oxygen atoms in total. The number of primary amides is 1. The molecule has 11 heavy (non-hydrogen) atoms. The van der Waals surface area contributed by atoms with E-state index < -0.39 is 11.7 Å². The molecule has 0 aromatic heterocycles. The number of hydrogen-bond acceptors (Lipinski definition) is 2. The molecule has 1 aromatic rings. The molecule has 0 aliphatic rings. The third-order valence-corrected chi connectivity index (χ3v) is 1.22. The van der Waals surface area contributed by atoms with Crippen molar-refractivity contribution in [1.82, 2.24) is 0 Å². The van der Waals surface area contributed by atoms with Crippen molar-refractivity contribution in [3.8, 4) is 5.75 Å². The number of hydrogen-bond donors (Lipinski definition) is 2. The largest absolute Gasteiger partial charge is 0.508 e. The Morgan fingerprint density at radius 3 is 2.64 bits per heavy atom. The maximum Gasteiger partial charge on any atom is 0.251 e. The lowest BCUT2D eigenvalue weighted by Gasteiger charge is -1.97. The maximum absolute atomic E-state index is 12.6. The lowest BCUT2D eigenvalue weighted by Crippen LogP contribution is -2.12. The van der Waals surface area contributed by atoms with Crippen LogP contribution in [0.5, 0.6) is 5.75 Å². The van der Waals surface area contributed by atoms with Gasteiger partial charge in [0.1, 0.15) is 11.6 Å². The van der Waals surface area contributed by atoms with Crippen LogP contribution in [0.15, 0.2) is 18.2 Å². The number of rotatable bonds is 1. The summed E-state index contributed by atoms with van der Waals surface area (Å²) in [6, 6.07) is 3.11. The van der Waals surface area contributed by atoms with Gasteiger partial charge in [-0.2, -0.15) is 0 Å². The van der Waals surface area contributed by atoms with Crippen LogP contribution in [-0.4, -0.2) is 11.0 Å². The van der Waals surface area contributed by atoms with Gasteiger partial charge in [0, 0.05) is 0 Å². The molecule has 0 heterocycles. The van der Waals surface area contributed by atoms with Crippen LogP contribution < -0.4 is 5.73 Å². The maximum atomic E-state index is 12.6. The summed E-state index contributed by atoms with van der Waals surface area (Å²) in [4.78, 5) is 10.4. The third kappa shape index (κ3) is 1.46. The Balaban J connectivity index is 3.23. The zero-order valence-electron chi connectivity index (χ0n) is 5.54. The first-order chi connectivity index (χ1) is 5.11. The van der Waals surface area contributed by atoms with Gasteiger partial charge >= 0.3 is 0 Å². The number of amides is 1. The third-order valence-electron chi connectivity index (χ3n) is 1.22. The smallest absolute Gasteiger partial charge is 0.251 e. The first kappa shape index (κ1) is 7.53. The van der Waals surface area contributed by atoms with Crippen molar-refractivity contribution >= 4 is 5.91 Å². The molecule has 0 bridgehead atoms. The van der Waals surface area contributed by atoms with Gasteiger partial charge in [-0.05, 0) is 18.2 Å². The molecule has 3 N–H and O–H groups in total. The van der Waals surface area contributed by atoms with Crippen LogP contribution in [0.4, 0.5) is 4.39 Å². The molecule has 4 heteroatoms. The Labute approximate surface area is 62.3 Å². The molecule has 0 aliphatic carbocycles. The highest BCUT2D eigenvalue weighted by Gasteiger charge is 2.07. The Morgan fingerprint density at radius 1 is 1.55 bits per heavy atom. The number of aromatic hydroxyl groups is 1. The summed E-state index contributed by atoms with van der Waals surface area (Å²) in [6.07, 6.45) is 0. The van der Waals surface area contributed by atoms with Crippen LogP contribution in [0.1, 0.15) is 10.4 Å². The summed E-state index contributed by atoms with van der Waals surface area (Å²) in [5, 5.41) is 8.81. The molecule has 0 saturated carbocycles. The van der Waals surface area contributed by atoms with E-state index in [9.17, 15) is 9.18 Å². The van der Waals surface area contributed by atoms with Crippen LogP contribution >= 0.6 is 0 Å². The van der Waals surface area contributed by atoms with E-state index in [0.29, 0.717) is 0 Å². The summed E-state index contributed by atoms with van der Waals surface area (Å²) in [6.45, 7) is 0. The van der Waals surface area contributed by atoms with Gasteiger partial charge in [-0.15, -0.1) is 0 Å². The normalized spacial score (nSPS) is 9.55. The van der Waals surface area contributed by atoms with E-state index in [1.807, 2.05) is 0 Å². The van der Waals surface area contributed by atoms with Crippen LogP contribution in [0.2, 0.25) is 0 Å². The number of phenols is 1. The minimum Gasteiger partial charge on any atom is -0.508 e. The molecule has 0 fully saturated rings. The predicted molar refractivity (Wildman–Crippen MR) is 36.6 cm³/mol. The van der Waals surface area contributed by atoms with Crippen LogP contribution in [0.3, 0.4) is 0 Å². The SMILES string of the molecule is NC(=O)c1cc(O)ccc1F. The Bertz CT molecular complexity index is 298. The second-order valence-electron chi connectivity index (χ2n) is 2.03. The second-order valence-corrected chi connectivity index (χ2v) is 2.03. The monoisotopic (exact) mass is 155 g/mol. The molecule has 0 atom stereocenters. The van der Waals surface area contributed by atoms with Crippen molar-refractivity contribution in [1.29, 1.82) is 0 Å². The fraction of sp³-hybridized carbons (Fsp3) is 0. The molecular weight excluding hydrogens is 149 g/mol. The van der Waals surface area contributed by atoms with E-state index in [1.54, 1.807) is 0 Å². The minimum atomic E-state index is -0.890. The van der Waals surface area contributed by atoms with Crippen molar-refractivity contribution in [3.05, 3.63) is 29.6 Å². The summed E-state index contributed by atoms with van der Waals surface area (Å²) >= 11 is 0. The van der Waals surface area contributed by atoms with Gasteiger partial charge in [0.05, 0.1) is 5.56 Å². The summed E-state index contributed by atoms with van der Waals surface area (Å²) in [5.41, 5.74) is 4.49. The Morgan fingerprint density at radius 2 is 2.18 bits per heavy atom. The van der Waals surface area contributed by atoms with E-state index in [-0.39, 0.29) is 11.3 Å². The molecule has 1 aromatic carbocycles. The summed E-state index contributed by atoms with van der Waals surface area (Å²) in [7, 11) is 0.